The van der Waals surface area contributed by atoms with Crippen LogP contribution in [0.25, 0.3) is 5.65 Å². The number of fused-ring (bicyclic) bond motifs is 1. The third kappa shape index (κ3) is 3.06. The number of aromatic nitrogens is 3. The SMILES string of the molecule is CCC1(CC)CC(Nc2nc3ccc(Br)cn3n2)CCO1. The van der Waals surface area contributed by atoms with Crippen molar-refractivity contribution in [3.05, 3.63) is 22.8 Å². The summed E-state index contributed by atoms with van der Waals surface area (Å²) in [4.78, 5) is 4.53. The van der Waals surface area contributed by atoms with Crippen molar-refractivity contribution in [2.24, 2.45) is 0 Å². The molecule has 0 aromatic carbocycles. The Labute approximate surface area is 133 Å². The molecule has 3 heterocycles. The van der Waals surface area contributed by atoms with Gasteiger partial charge >= 0.3 is 0 Å². The lowest BCUT2D eigenvalue weighted by atomic mass is 9.86. The van der Waals surface area contributed by atoms with Gasteiger partial charge in [-0.2, -0.15) is 4.98 Å². The predicted molar refractivity (Wildman–Crippen MR) is 86.6 cm³/mol. The molecule has 2 aromatic heterocycles. The van der Waals surface area contributed by atoms with Gasteiger partial charge in [-0.1, -0.05) is 13.8 Å². The zero-order valence-corrected chi connectivity index (χ0v) is 14.1. The summed E-state index contributed by atoms with van der Waals surface area (Å²) in [7, 11) is 0. The van der Waals surface area contributed by atoms with Gasteiger partial charge in [0.05, 0.1) is 5.60 Å². The average Bonchev–Trinajstić information content (AvgIpc) is 2.88. The highest BCUT2D eigenvalue weighted by Gasteiger charge is 2.34. The number of rotatable bonds is 4. The molecule has 1 fully saturated rings. The van der Waals surface area contributed by atoms with E-state index in [9.17, 15) is 0 Å². The van der Waals surface area contributed by atoms with Crippen LogP contribution in [-0.4, -0.2) is 32.8 Å². The van der Waals surface area contributed by atoms with Crippen LogP contribution in [0.2, 0.25) is 0 Å². The monoisotopic (exact) mass is 352 g/mol. The minimum Gasteiger partial charge on any atom is -0.375 e. The zero-order valence-electron chi connectivity index (χ0n) is 12.5. The Morgan fingerprint density at radius 3 is 3.00 bits per heavy atom. The van der Waals surface area contributed by atoms with Gasteiger partial charge in [-0.25, -0.2) is 4.52 Å². The van der Waals surface area contributed by atoms with Crippen LogP contribution < -0.4 is 5.32 Å². The molecular weight excluding hydrogens is 332 g/mol. The second-order valence-electron chi connectivity index (χ2n) is 5.66. The molecule has 0 spiro atoms. The highest BCUT2D eigenvalue weighted by atomic mass is 79.9. The van der Waals surface area contributed by atoms with E-state index in [1.165, 1.54) is 0 Å². The van der Waals surface area contributed by atoms with Crippen LogP contribution in [0.4, 0.5) is 5.95 Å². The number of nitrogens with one attached hydrogen (secondary N) is 1. The molecule has 1 unspecified atom stereocenters. The first-order valence-corrected chi connectivity index (χ1v) is 8.36. The Morgan fingerprint density at radius 2 is 2.24 bits per heavy atom. The summed E-state index contributed by atoms with van der Waals surface area (Å²) in [6.07, 6.45) is 6.03. The molecule has 3 rings (SSSR count). The molecule has 0 aliphatic carbocycles. The van der Waals surface area contributed by atoms with Crippen LogP contribution in [-0.2, 0) is 4.74 Å². The minimum absolute atomic E-state index is 0.0120. The molecule has 0 amide bonds. The highest BCUT2D eigenvalue weighted by Crippen LogP contribution is 2.32. The maximum atomic E-state index is 6.01. The second kappa shape index (κ2) is 5.93. The number of anilines is 1. The fraction of sp³-hybridized carbons (Fsp3) is 0.600. The fourth-order valence-corrected chi connectivity index (χ4v) is 3.32. The largest absolute Gasteiger partial charge is 0.375 e. The smallest absolute Gasteiger partial charge is 0.243 e. The minimum atomic E-state index is 0.0120. The molecule has 1 aliphatic heterocycles. The number of nitrogens with zero attached hydrogens (tertiary/aromatic N) is 3. The van der Waals surface area contributed by atoms with E-state index in [1.54, 1.807) is 4.52 Å². The lowest BCUT2D eigenvalue weighted by Gasteiger charge is -2.40. The van der Waals surface area contributed by atoms with E-state index in [2.05, 4.69) is 45.2 Å². The lowest BCUT2D eigenvalue weighted by molar-refractivity contribution is -0.0865. The maximum Gasteiger partial charge on any atom is 0.243 e. The van der Waals surface area contributed by atoms with Gasteiger partial charge in [0.15, 0.2) is 5.65 Å². The van der Waals surface area contributed by atoms with Crippen molar-refractivity contribution in [1.29, 1.82) is 0 Å². The summed E-state index contributed by atoms with van der Waals surface area (Å²) in [5, 5.41) is 7.97. The summed E-state index contributed by atoms with van der Waals surface area (Å²) >= 11 is 3.45. The highest BCUT2D eigenvalue weighted by molar-refractivity contribution is 9.10. The van der Waals surface area contributed by atoms with E-state index in [4.69, 9.17) is 4.74 Å². The summed E-state index contributed by atoms with van der Waals surface area (Å²) in [6, 6.07) is 4.30. The van der Waals surface area contributed by atoms with E-state index in [-0.39, 0.29) is 5.60 Å². The number of hydrogen-bond acceptors (Lipinski definition) is 4. The van der Waals surface area contributed by atoms with Gasteiger partial charge < -0.3 is 10.1 Å². The van der Waals surface area contributed by atoms with E-state index in [0.717, 1.165) is 42.4 Å². The molecule has 5 nitrogen and oxygen atoms in total. The standard InChI is InChI=1S/C15H21BrN4O/c1-3-15(4-2)9-12(7-8-21-15)17-14-18-13-6-5-11(16)10-20(13)19-14/h5-6,10,12H,3-4,7-9H2,1-2H3,(H,17,19). The maximum absolute atomic E-state index is 6.01. The third-order valence-electron chi connectivity index (χ3n) is 4.41. The van der Waals surface area contributed by atoms with Gasteiger partial charge in [0.25, 0.3) is 0 Å². The molecule has 21 heavy (non-hydrogen) atoms. The first kappa shape index (κ1) is 14.8. The molecule has 0 saturated carbocycles. The second-order valence-corrected chi connectivity index (χ2v) is 6.57. The normalized spacial score (nSPS) is 21.6. The Hall–Kier alpha value is -1.14. The summed E-state index contributed by atoms with van der Waals surface area (Å²) in [5.41, 5.74) is 0.864. The lowest BCUT2D eigenvalue weighted by Crippen LogP contribution is -2.43. The van der Waals surface area contributed by atoms with Crippen molar-refractivity contribution in [3.8, 4) is 0 Å². The van der Waals surface area contributed by atoms with Gasteiger partial charge in [0.2, 0.25) is 5.95 Å². The molecule has 6 heteroatoms. The van der Waals surface area contributed by atoms with Crippen molar-refractivity contribution in [3.63, 3.8) is 0 Å². The van der Waals surface area contributed by atoms with Crippen molar-refractivity contribution < 1.29 is 4.74 Å². The molecular formula is C15H21BrN4O. The van der Waals surface area contributed by atoms with E-state index in [1.807, 2.05) is 18.3 Å². The zero-order chi connectivity index (χ0) is 14.9. The fourth-order valence-electron chi connectivity index (χ4n) is 3.00. The Morgan fingerprint density at radius 1 is 1.43 bits per heavy atom. The van der Waals surface area contributed by atoms with Crippen LogP contribution in [0.1, 0.15) is 39.5 Å². The molecule has 1 aliphatic rings. The van der Waals surface area contributed by atoms with Crippen molar-refractivity contribution >= 4 is 27.5 Å². The molecule has 114 valence electrons. The number of halogens is 1. The summed E-state index contributed by atoms with van der Waals surface area (Å²) < 4.78 is 8.80. The molecule has 2 aromatic rings. The van der Waals surface area contributed by atoms with E-state index >= 15 is 0 Å². The average molecular weight is 353 g/mol. The van der Waals surface area contributed by atoms with E-state index < -0.39 is 0 Å². The number of ether oxygens (including phenoxy) is 1. The molecule has 1 saturated heterocycles. The summed E-state index contributed by atoms with van der Waals surface area (Å²) in [6.45, 7) is 5.21. The molecule has 1 N–H and O–H groups in total. The molecule has 1 atom stereocenters. The van der Waals surface area contributed by atoms with Gasteiger partial charge in [-0.05, 0) is 53.7 Å². The van der Waals surface area contributed by atoms with Crippen LogP contribution in [0, 0.1) is 0 Å². The third-order valence-corrected chi connectivity index (χ3v) is 4.88. The first-order valence-electron chi connectivity index (χ1n) is 7.56. The van der Waals surface area contributed by atoms with Gasteiger partial charge in [-0.3, -0.25) is 0 Å². The van der Waals surface area contributed by atoms with Gasteiger partial charge in [0.1, 0.15) is 0 Å². The van der Waals surface area contributed by atoms with Crippen LogP contribution >= 0.6 is 15.9 Å². The topological polar surface area (TPSA) is 51.5 Å². The van der Waals surface area contributed by atoms with Crippen LogP contribution in [0.3, 0.4) is 0 Å². The Bertz CT molecular complexity index is 623. The van der Waals surface area contributed by atoms with Crippen LogP contribution in [0.5, 0.6) is 0 Å². The Balaban J connectivity index is 1.75. The number of hydrogen-bond donors (Lipinski definition) is 1. The Kier molecular flexibility index (Phi) is 4.17. The predicted octanol–water partition coefficient (Wildman–Crippen LogP) is 3.64. The van der Waals surface area contributed by atoms with Gasteiger partial charge in [0, 0.05) is 23.3 Å². The van der Waals surface area contributed by atoms with E-state index in [0.29, 0.717) is 12.0 Å². The van der Waals surface area contributed by atoms with Crippen molar-refractivity contribution in [2.75, 3.05) is 11.9 Å². The molecule has 0 bridgehead atoms. The van der Waals surface area contributed by atoms with Crippen molar-refractivity contribution in [2.45, 2.75) is 51.2 Å². The molecule has 0 radical (unpaired) electrons. The quantitative estimate of drug-likeness (QED) is 0.912. The number of pyridine rings is 1. The summed E-state index contributed by atoms with van der Waals surface area (Å²) in [5.74, 6) is 0.695. The van der Waals surface area contributed by atoms with Gasteiger partial charge in [-0.15, -0.1) is 5.10 Å². The van der Waals surface area contributed by atoms with Crippen LogP contribution in [0.15, 0.2) is 22.8 Å². The first-order chi connectivity index (χ1) is 10.1. The van der Waals surface area contributed by atoms with Crippen molar-refractivity contribution in [1.82, 2.24) is 14.6 Å².